The van der Waals surface area contributed by atoms with E-state index in [1.165, 1.54) is 22.8 Å². The van der Waals surface area contributed by atoms with Crippen molar-refractivity contribution < 1.29 is 14.1 Å². The normalized spacial score (nSPS) is 10.8. The molecule has 0 atom stereocenters. The molecule has 0 aliphatic rings. The molecule has 0 fully saturated rings. The lowest BCUT2D eigenvalue weighted by atomic mass is 10.2. The van der Waals surface area contributed by atoms with Crippen LogP contribution < -0.4 is 11.1 Å². The first-order valence-electron chi connectivity index (χ1n) is 8.08. The van der Waals surface area contributed by atoms with Gasteiger partial charge in [-0.3, -0.25) is 19.5 Å². The van der Waals surface area contributed by atoms with E-state index in [0.29, 0.717) is 11.9 Å². The molecule has 0 radical (unpaired) electrons. The predicted octanol–water partition coefficient (Wildman–Crippen LogP) is 3.23. The maximum atomic E-state index is 12.0. The molecule has 0 saturated heterocycles. The van der Waals surface area contributed by atoms with Crippen LogP contribution in [-0.4, -0.2) is 15.4 Å². The van der Waals surface area contributed by atoms with Gasteiger partial charge in [-0.2, -0.15) is 0 Å². The first kappa shape index (κ1) is 17.4. The Kier molecular flexibility index (Phi) is 4.83. The van der Waals surface area contributed by atoms with Crippen LogP contribution in [-0.2, 0) is 11.3 Å². The van der Waals surface area contributed by atoms with Crippen LogP contribution in [0.3, 0.4) is 0 Å². The molecule has 2 aromatic carbocycles. The number of anilines is 1. The van der Waals surface area contributed by atoms with Gasteiger partial charge in [0.1, 0.15) is 0 Å². The van der Waals surface area contributed by atoms with Gasteiger partial charge in [0.2, 0.25) is 5.91 Å². The van der Waals surface area contributed by atoms with Gasteiger partial charge in [0, 0.05) is 24.7 Å². The van der Waals surface area contributed by atoms with Gasteiger partial charge in [0.25, 0.3) is 5.69 Å². The van der Waals surface area contributed by atoms with Crippen molar-refractivity contribution in [2.45, 2.75) is 26.3 Å². The predicted molar refractivity (Wildman–Crippen MR) is 96.2 cm³/mol. The van der Waals surface area contributed by atoms with Crippen molar-refractivity contribution >= 4 is 28.4 Å². The minimum Gasteiger partial charge on any atom is -0.407 e. The standard InChI is InChI=1S/C18H17N3O5/c1-12-4-6-13(7-5-12)19-17(22)3-2-10-20-15-9-8-14(21(24)25)11-16(15)26-18(20)23/h4-9,11H,2-3,10H2,1H3,(H,19,22). The minimum absolute atomic E-state index is 0.143. The van der Waals surface area contributed by atoms with Crippen LogP contribution in [0.1, 0.15) is 18.4 Å². The summed E-state index contributed by atoms with van der Waals surface area (Å²) in [6.07, 6.45) is 0.670. The summed E-state index contributed by atoms with van der Waals surface area (Å²) < 4.78 is 6.43. The van der Waals surface area contributed by atoms with E-state index in [0.717, 1.165) is 11.3 Å². The van der Waals surface area contributed by atoms with Gasteiger partial charge < -0.3 is 9.73 Å². The van der Waals surface area contributed by atoms with Crippen molar-refractivity contribution in [1.82, 2.24) is 4.57 Å². The fourth-order valence-corrected chi connectivity index (χ4v) is 2.64. The van der Waals surface area contributed by atoms with Gasteiger partial charge in [-0.1, -0.05) is 17.7 Å². The molecule has 0 aliphatic carbocycles. The van der Waals surface area contributed by atoms with Gasteiger partial charge in [-0.05, 0) is 31.5 Å². The van der Waals surface area contributed by atoms with Crippen LogP contribution in [0, 0.1) is 17.0 Å². The average molecular weight is 355 g/mol. The summed E-state index contributed by atoms with van der Waals surface area (Å²) in [4.78, 5) is 34.2. The Morgan fingerprint density at radius 3 is 2.65 bits per heavy atom. The van der Waals surface area contributed by atoms with Crippen LogP contribution in [0.4, 0.5) is 11.4 Å². The van der Waals surface area contributed by atoms with Crippen molar-refractivity contribution in [3.8, 4) is 0 Å². The zero-order valence-electron chi connectivity index (χ0n) is 14.1. The van der Waals surface area contributed by atoms with Gasteiger partial charge in [0.05, 0.1) is 16.5 Å². The number of aromatic nitrogens is 1. The second-order valence-corrected chi connectivity index (χ2v) is 5.95. The third kappa shape index (κ3) is 3.80. The Morgan fingerprint density at radius 2 is 1.96 bits per heavy atom. The average Bonchev–Trinajstić information content (AvgIpc) is 2.91. The lowest BCUT2D eigenvalue weighted by Crippen LogP contribution is -2.17. The summed E-state index contributed by atoms with van der Waals surface area (Å²) in [6.45, 7) is 2.25. The topological polar surface area (TPSA) is 107 Å². The zero-order chi connectivity index (χ0) is 18.7. The number of carbonyl (C=O) groups is 1. The van der Waals surface area contributed by atoms with Crippen molar-refractivity contribution in [1.29, 1.82) is 0 Å². The molecular weight excluding hydrogens is 338 g/mol. The van der Waals surface area contributed by atoms with Crippen LogP contribution >= 0.6 is 0 Å². The Bertz CT molecular complexity index is 1020. The van der Waals surface area contributed by atoms with Crippen LogP contribution in [0.15, 0.2) is 51.7 Å². The highest BCUT2D eigenvalue weighted by Gasteiger charge is 2.14. The van der Waals surface area contributed by atoms with E-state index in [1.807, 2.05) is 31.2 Å². The molecule has 0 aliphatic heterocycles. The summed E-state index contributed by atoms with van der Waals surface area (Å²) in [6, 6.07) is 11.5. The van der Waals surface area contributed by atoms with E-state index >= 15 is 0 Å². The maximum absolute atomic E-state index is 12.0. The molecule has 1 N–H and O–H groups in total. The van der Waals surface area contributed by atoms with Crippen molar-refractivity contribution in [2.75, 3.05) is 5.32 Å². The van der Waals surface area contributed by atoms with Crippen molar-refractivity contribution in [3.05, 3.63) is 68.7 Å². The lowest BCUT2D eigenvalue weighted by Gasteiger charge is -2.06. The van der Waals surface area contributed by atoms with Crippen LogP contribution in [0.25, 0.3) is 11.1 Å². The molecule has 0 unspecified atom stereocenters. The highest BCUT2D eigenvalue weighted by atomic mass is 16.6. The summed E-state index contributed by atoms with van der Waals surface area (Å²) in [5.74, 6) is -0.746. The molecule has 3 rings (SSSR count). The number of amides is 1. The third-order valence-electron chi connectivity index (χ3n) is 3.98. The Morgan fingerprint density at radius 1 is 1.23 bits per heavy atom. The fourth-order valence-electron chi connectivity index (χ4n) is 2.64. The monoisotopic (exact) mass is 355 g/mol. The number of benzene rings is 2. The number of nitro groups is 1. The molecule has 1 amide bonds. The second kappa shape index (κ2) is 7.22. The molecule has 1 aromatic heterocycles. The first-order chi connectivity index (χ1) is 12.4. The third-order valence-corrected chi connectivity index (χ3v) is 3.98. The number of aryl methyl sites for hydroxylation is 2. The number of hydrogen-bond acceptors (Lipinski definition) is 5. The first-order valence-corrected chi connectivity index (χ1v) is 8.08. The molecular formula is C18H17N3O5. The highest BCUT2D eigenvalue weighted by Crippen LogP contribution is 2.20. The Labute approximate surface area is 148 Å². The van der Waals surface area contributed by atoms with Crippen LogP contribution in [0.2, 0.25) is 0 Å². The Hall–Kier alpha value is -3.42. The van der Waals surface area contributed by atoms with Gasteiger partial charge >= 0.3 is 5.76 Å². The van der Waals surface area contributed by atoms with Crippen molar-refractivity contribution in [2.24, 2.45) is 0 Å². The number of nitrogens with one attached hydrogen (secondary N) is 1. The second-order valence-electron chi connectivity index (χ2n) is 5.95. The van der Waals surface area contributed by atoms with Gasteiger partial charge in [0.15, 0.2) is 5.58 Å². The largest absolute Gasteiger partial charge is 0.419 e. The molecule has 8 nitrogen and oxygen atoms in total. The molecule has 1 heterocycles. The molecule has 0 bridgehead atoms. The number of hydrogen-bond donors (Lipinski definition) is 1. The van der Waals surface area contributed by atoms with Gasteiger partial charge in [-0.15, -0.1) is 0 Å². The van der Waals surface area contributed by atoms with E-state index in [-0.39, 0.29) is 30.1 Å². The highest BCUT2D eigenvalue weighted by molar-refractivity contribution is 5.90. The quantitative estimate of drug-likeness (QED) is 0.539. The summed E-state index contributed by atoms with van der Waals surface area (Å²) in [5.41, 5.74) is 2.32. The molecule has 3 aromatic rings. The SMILES string of the molecule is Cc1ccc(NC(=O)CCCn2c(=O)oc3cc([N+](=O)[O-])ccc32)cc1. The maximum Gasteiger partial charge on any atom is 0.419 e. The van der Waals surface area contributed by atoms with Crippen molar-refractivity contribution in [3.63, 3.8) is 0 Å². The number of nitro benzene ring substituents is 1. The molecule has 0 saturated carbocycles. The number of non-ortho nitro benzene ring substituents is 1. The molecule has 134 valence electrons. The summed E-state index contributed by atoms with van der Waals surface area (Å²) in [7, 11) is 0. The number of carbonyl (C=O) groups excluding carboxylic acids is 1. The summed E-state index contributed by atoms with van der Waals surface area (Å²) >= 11 is 0. The van der Waals surface area contributed by atoms with Crippen LogP contribution in [0.5, 0.6) is 0 Å². The fraction of sp³-hybridized carbons (Fsp3) is 0.222. The number of oxazole rings is 1. The molecule has 8 heteroatoms. The number of nitrogens with zero attached hydrogens (tertiary/aromatic N) is 2. The lowest BCUT2D eigenvalue weighted by molar-refractivity contribution is -0.384. The van der Waals surface area contributed by atoms with E-state index in [4.69, 9.17) is 4.42 Å². The van der Waals surface area contributed by atoms with E-state index in [2.05, 4.69) is 5.32 Å². The number of rotatable bonds is 6. The molecule has 26 heavy (non-hydrogen) atoms. The van der Waals surface area contributed by atoms with E-state index < -0.39 is 10.7 Å². The molecule has 0 spiro atoms. The Balaban J connectivity index is 1.63. The van der Waals surface area contributed by atoms with E-state index in [9.17, 15) is 19.7 Å². The number of fused-ring (bicyclic) bond motifs is 1. The van der Waals surface area contributed by atoms with Gasteiger partial charge in [-0.25, -0.2) is 4.79 Å². The van der Waals surface area contributed by atoms with E-state index in [1.54, 1.807) is 0 Å². The minimum atomic E-state index is -0.598. The summed E-state index contributed by atoms with van der Waals surface area (Å²) in [5, 5.41) is 13.6. The zero-order valence-corrected chi connectivity index (χ0v) is 14.1. The smallest absolute Gasteiger partial charge is 0.407 e.